The summed E-state index contributed by atoms with van der Waals surface area (Å²) in [7, 11) is 0. The van der Waals surface area contributed by atoms with Crippen molar-refractivity contribution in [2.24, 2.45) is 0 Å². The Morgan fingerprint density at radius 3 is 2.49 bits per heavy atom. The maximum absolute atomic E-state index is 10.1. The molecule has 1 aliphatic heterocycles. The van der Waals surface area contributed by atoms with Crippen LogP contribution < -0.4 is 9.62 Å². The average Bonchev–Trinajstić information content (AvgIpc) is 3.45. The number of hydrogen-bond donors (Lipinski definition) is 4. The Labute approximate surface area is 238 Å². The maximum atomic E-state index is 10.1. The molecule has 4 N–H and O–H groups in total. The van der Waals surface area contributed by atoms with Crippen LogP contribution in [0.5, 0.6) is 0 Å². The van der Waals surface area contributed by atoms with E-state index in [1.807, 2.05) is 13.0 Å². The van der Waals surface area contributed by atoms with Crippen molar-refractivity contribution in [1.82, 2.24) is 4.72 Å². The van der Waals surface area contributed by atoms with Gasteiger partial charge in [0.25, 0.3) is 0 Å². The van der Waals surface area contributed by atoms with Crippen molar-refractivity contribution < 1.29 is 20.1 Å². The highest BCUT2D eigenvalue weighted by atomic mass is 32.2. The highest BCUT2D eigenvalue weighted by Crippen LogP contribution is 2.36. The number of thiophene rings is 1. The van der Waals surface area contributed by atoms with E-state index in [1.165, 1.54) is 28.4 Å². The first-order valence-electron chi connectivity index (χ1n) is 13.4. The van der Waals surface area contributed by atoms with Crippen molar-refractivity contribution in [3.63, 3.8) is 0 Å². The van der Waals surface area contributed by atoms with Crippen LogP contribution in [0.3, 0.4) is 0 Å². The van der Waals surface area contributed by atoms with Gasteiger partial charge in [-0.2, -0.15) is 5.26 Å². The van der Waals surface area contributed by atoms with E-state index in [2.05, 4.69) is 72.0 Å². The van der Waals surface area contributed by atoms with Gasteiger partial charge in [0.15, 0.2) is 0 Å². The molecular weight excluding hydrogens is 530 g/mol. The lowest BCUT2D eigenvalue weighted by Crippen LogP contribution is -2.55. The first-order valence-corrected chi connectivity index (χ1v) is 15.0. The van der Waals surface area contributed by atoms with Gasteiger partial charge < -0.3 is 25.0 Å². The molecule has 1 saturated heterocycles. The number of hydrogen-bond acceptors (Lipinski definition) is 9. The molecule has 1 aromatic heterocycles. The van der Waals surface area contributed by atoms with E-state index in [1.54, 1.807) is 11.3 Å². The highest BCUT2D eigenvalue weighted by molar-refractivity contribution is 8.01. The molecule has 3 aromatic rings. The molecule has 0 radical (unpaired) electrons. The van der Waals surface area contributed by atoms with Gasteiger partial charge in [0.05, 0.1) is 12.7 Å². The minimum Gasteiger partial charge on any atom is -0.388 e. The number of benzene rings is 2. The number of allylic oxidation sites excluding steroid dienone is 2. The summed E-state index contributed by atoms with van der Waals surface area (Å²) in [5, 5.41) is 41.8. The van der Waals surface area contributed by atoms with Gasteiger partial charge in [-0.3, -0.25) is 4.72 Å². The number of fused-ring (bicyclic) bond motifs is 1. The summed E-state index contributed by atoms with van der Waals surface area (Å²) < 4.78 is 8.49. The summed E-state index contributed by atoms with van der Waals surface area (Å²) in [6.45, 7) is 8.65. The van der Waals surface area contributed by atoms with Crippen molar-refractivity contribution in [3.05, 3.63) is 58.3 Å². The zero-order chi connectivity index (χ0) is 27.9. The number of anilines is 1. The van der Waals surface area contributed by atoms with Gasteiger partial charge in [-0.25, -0.2) is 0 Å². The van der Waals surface area contributed by atoms with Crippen molar-refractivity contribution in [3.8, 4) is 16.5 Å². The van der Waals surface area contributed by atoms with Gasteiger partial charge in [0.1, 0.15) is 29.3 Å². The molecule has 7 nitrogen and oxygen atoms in total. The summed E-state index contributed by atoms with van der Waals surface area (Å²) in [4.78, 5) is 5.11. The zero-order valence-electron chi connectivity index (χ0n) is 22.6. The smallest absolute Gasteiger partial charge is 0.111 e. The van der Waals surface area contributed by atoms with E-state index >= 15 is 0 Å². The SMILES string of the molecule is CCCN(CCC)c1ccc2cc(-c3ccc(/C(C)=C(\C#N)SNC[C@H]4OC[C@H](O)[C@@H](O)[C@@H]4O)s3)ccc2c1. The Morgan fingerprint density at radius 1 is 1.05 bits per heavy atom. The van der Waals surface area contributed by atoms with Gasteiger partial charge >= 0.3 is 0 Å². The molecule has 0 spiro atoms. The Kier molecular flexibility index (Phi) is 10.4. The van der Waals surface area contributed by atoms with Crippen LogP contribution in [0.4, 0.5) is 5.69 Å². The van der Waals surface area contributed by atoms with Crippen LogP contribution in [0.2, 0.25) is 0 Å². The normalized spacial score (nSPS) is 22.0. The average molecular weight is 568 g/mol. The van der Waals surface area contributed by atoms with E-state index in [0.29, 0.717) is 4.91 Å². The molecule has 1 aliphatic rings. The zero-order valence-corrected chi connectivity index (χ0v) is 24.3. The van der Waals surface area contributed by atoms with Crippen LogP contribution in [0.1, 0.15) is 38.5 Å². The van der Waals surface area contributed by atoms with Crippen molar-refractivity contribution in [1.29, 1.82) is 5.26 Å². The first kappa shape index (κ1) is 29.6. The fourth-order valence-electron chi connectivity index (χ4n) is 4.73. The van der Waals surface area contributed by atoms with Gasteiger partial charge in [0.2, 0.25) is 0 Å². The quantitative estimate of drug-likeness (QED) is 0.186. The van der Waals surface area contributed by atoms with Crippen LogP contribution in [-0.2, 0) is 4.74 Å². The molecule has 2 heterocycles. The Balaban J connectivity index is 1.45. The molecule has 0 saturated carbocycles. The number of nitriles is 1. The van der Waals surface area contributed by atoms with Gasteiger partial charge in [-0.05, 0) is 84.0 Å². The lowest BCUT2D eigenvalue weighted by Gasteiger charge is -2.35. The molecule has 9 heteroatoms. The summed E-state index contributed by atoms with van der Waals surface area (Å²) >= 11 is 2.82. The highest BCUT2D eigenvalue weighted by Gasteiger charge is 2.37. The second-order valence-corrected chi connectivity index (χ2v) is 11.8. The Bertz CT molecular complexity index is 1330. The number of aliphatic hydroxyl groups excluding tert-OH is 3. The predicted molar refractivity (Wildman–Crippen MR) is 162 cm³/mol. The molecule has 0 unspecified atom stereocenters. The second-order valence-electron chi connectivity index (χ2n) is 9.83. The number of ether oxygens (including phenoxy) is 1. The van der Waals surface area contributed by atoms with E-state index < -0.39 is 24.4 Å². The molecule has 2 aromatic carbocycles. The van der Waals surface area contributed by atoms with Crippen LogP contribution in [-0.4, -0.2) is 66.0 Å². The number of aliphatic hydroxyl groups is 3. The Hall–Kier alpha value is -2.42. The molecule has 208 valence electrons. The van der Waals surface area contributed by atoms with Crippen LogP contribution in [0, 0.1) is 11.3 Å². The number of rotatable bonds is 11. The third-order valence-electron chi connectivity index (χ3n) is 6.94. The standard InChI is InChI=1S/C30H37N3O4S2/c1-4-12-33(13-5-2)23-9-8-20-14-22(7-6-21(20)15-23)27-11-10-26(38-27)19(3)28(16-31)39-32-17-25-30(36)29(35)24(34)18-37-25/h6-11,14-15,24-25,29-30,32,34-36H,4-5,12-13,17-18H2,1-3H3/b28-19+/t24-,25+,29+,30+/m0/s1. The lowest BCUT2D eigenvalue weighted by atomic mass is 10.0. The predicted octanol–water partition coefficient (Wildman–Crippen LogP) is 5.17. The molecule has 0 amide bonds. The number of nitrogens with zero attached hydrogens (tertiary/aromatic N) is 2. The van der Waals surface area contributed by atoms with Gasteiger partial charge in [0, 0.05) is 35.1 Å². The van der Waals surface area contributed by atoms with Crippen molar-refractivity contribution >= 4 is 45.3 Å². The molecule has 4 atom stereocenters. The molecule has 0 aliphatic carbocycles. The van der Waals surface area contributed by atoms with E-state index in [-0.39, 0.29) is 13.2 Å². The minimum atomic E-state index is -1.25. The maximum Gasteiger partial charge on any atom is 0.111 e. The topological polar surface area (TPSA) is 109 Å². The van der Waals surface area contributed by atoms with E-state index in [9.17, 15) is 20.6 Å². The van der Waals surface area contributed by atoms with Crippen LogP contribution in [0.25, 0.3) is 26.8 Å². The lowest BCUT2D eigenvalue weighted by molar-refractivity contribution is -0.184. The number of nitrogens with one attached hydrogen (secondary N) is 1. The van der Waals surface area contributed by atoms with Crippen molar-refractivity contribution in [2.75, 3.05) is 31.1 Å². The Morgan fingerprint density at radius 2 is 1.77 bits per heavy atom. The molecule has 1 fully saturated rings. The third-order valence-corrected chi connectivity index (χ3v) is 9.11. The van der Waals surface area contributed by atoms with Crippen LogP contribution >= 0.6 is 23.3 Å². The van der Waals surface area contributed by atoms with Gasteiger partial charge in [-0.15, -0.1) is 11.3 Å². The summed E-state index contributed by atoms with van der Waals surface area (Å²) in [6, 6.07) is 19.7. The summed E-state index contributed by atoms with van der Waals surface area (Å²) in [5.41, 5.74) is 3.28. The molecule has 4 rings (SSSR count). The minimum absolute atomic E-state index is 0.0424. The van der Waals surface area contributed by atoms with E-state index in [0.717, 1.165) is 46.8 Å². The summed E-state index contributed by atoms with van der Waals surface area (Å²) in [5.74, 6) is 0. The first-order chi connectivity index (χ1) is 18.9. The summed E-state index contributed by atoms with van der Waals surface area (Å²) in [6.07, 6.45) is -1.97. The van der Waals surface area contributed by atoms with Crippen molar-refractivity contribution in [2.45, 2.75) is 58.0 Å². The molecule has 39 heavy (non-hydrogen) atoms. The third kappa shape index (κ3) is 7.02. The van der Waals surface area contributed by atoms with Crippen LogP contribution in [0.15, 0.2) is 53.4 Å². The largest absolute Gasteiger partial charge is 0.388 e. The fourth-order valence-corrected chi connectivity index (χ4v) is 6.50. The second kappa shape index (κ2) is 13.8. The monoisotopic (exact) mass is 567 g/mol. The van der Waals surface area contributed by atoms with E-state index in [4.69, 9.17) is 4.74 Å². The fraction of sp³-hybridized carbons (Fsp3) is 0.433. The molecular formula is C30H37N3O4S2. The molecule has 0 bridgehead atoms. The van der Waals surface area contributed by atoms with Gasteiger partial charge in [-0.1, -0.05) is 32.0 Å².